The maximum Gasteiger partial charge on any atom is 0.140 e. The third-order valence-corrected chi connectivity index (χ3v) is 4.61. The van der Waals surface area contributed by atoms with E-state index in [1.54, 1.807) is 0 Å². The summed E-state index contributed by atoms with van der Waals surface area (Å²) >= 11 is 6.96. The number of nitrogens with zero attached hydrogens (tertiary/aromatic N) is 1. The average Bonchev–Trinajstić information content (AvgIpc) is 2.34. The van der Waals surface area contributed by atoms with Crippen LogP contribution in [0.2, 0.25) is 0 Å². The Balaban J connectivity index is 1.93. The zero-order chi connectivity index (χ0) is 12.3. The summed E-state index contributed by atoms with van der Waals surface area (Å²) in [7, 11) is 0. The van der Waals surface area contributed by atoms with Gasteiger partial charge in [-0.15, -0.1) is 0 Å². The van der Waals surface area contributed by atoms with E-state index in [1.165, 1.54) is 32.1 Å². The van der Waals surface area contributed by atoms with E-state index in [1.807, 2.05) is 12.3 Å². The van der Waals surface area contributed by atoms with Gasteiger partial charge in [0.2, 0.25) is 0 Å². The molecule has 4 heteroatoms. The second-order valence-electron chi connectivity index (χ2n) is 4.75. The van der Waals surface area contributed by atoms with Gasteiger partial charge in [0.1, 0.15) is 5.82 Å². The molecule has 1 aliphatic rings. The first-order valence-electron chi connectivity index (χ1n) is 6.26. The third kappa shape index (κ3) is 3.68. The molecule has 0 saturated heterocycles. The highest BCUT2D eigenvalue weighted by Gasteiger charge is 2.20. The van der Waals surface area contributed by atoms with E-state index in [4.69, 9.17) is 0 Å². The summed E-state index contributed by atoms with van der Waals surface area (Å²) in [6, 6.07) is 2.62. The molecule has 1 aromatic rings. The SMILES string of the molecule is CCC1CCC(Nc2ncc(Br)cc2Br)CC1. The molecule has 0 aromatic carbocycles. The monoisotopic (exact) mass is 360 g/mol. The fourth-order valence-corrected chi connectivity index (χ4v) is 3.53. The highest BCUT2D eigenvalue weighted by molar-refractivity contribution is 9.11. The van der Waals surface area contributed by atoms with Crippen LogP contribution in [0.5, 0.6) is 0 Å². The Kier molecular flexibility index (Phi) is 4.86. The Morgan fingerprint density at radius 2 is 2.00 bits per heavy atom. The lowest BCUT2D eigenvalue weighted by molar-refractivity contribution is 0.330. The first kappa shape index (κ1) is 13.3. The number of hydrogen-bond donors (Lipinski definition) is 1. The highest BCUT2D eigenvalue weighted by Crippen LogP contribution is 2.30. The van der Waals surface area contributed by atoms with Crippen LogP contribution >= 0.6 is 31.9 Å². The van der Waals surface area contributed by atoms with E-state index in [-0.39, 0.29) is 0 Å². The highest BCUT2D eigenvalue weighted by atomic mass is 79.9. The third-order valence-electron chi connectivity index (χ3n) is 3.57. The molecule has 2 nitrogen and oxygen atoms in total. The molecule has 0 radical (unpaired) electrons. The minimum Gasteiger partial charge on any atom is -0.366 e. The molecule has 1 aliphatic carbocycles. The number of pyridine rings is 1. The molecule has 94 valence electrons. The molecule has 0 spiro atoms. The quantitative estimate of drug-likeness (QED) is 0.820. The van der Waals surface area contributed by atoms with E-state index >= 15 is 0 Å². The van der Waals surface area contributed by atoms with Crippen molar-refractivity contribution < 1.29 is 0 Å². The van der Waals surface area contributed by atoms with Gasteiger partial charge in [0.25, 0.3) is 0 Å². The lowest BCUT2D eigenvalue weighted by Gasteiger charge is -2.29. The summed E-state index contributed by atoms with van der Waals surface area (Å²) < 4.78 is 2.04. The molecule has 0 unspecified atom stereocenters. The first-order chi connectivity index (χ1) is 8.19. The number of aromatic nitrogens is 1. The van der Waals surface area contributed by atoms with Gasteiger partial charge in [-0.25, -0.2) is 4.98 Å². The zero-order valence-corrected chi connectivity index (χ0v) is 13.2. The smallest absolute Gasteiger partial charge is 0.140 e. The molecule has 0 aliphatic heterocycles. The molecule has 1 saturated carbocycles. The van der Waals surface area contributed by atoms with Crippen LogP contribution in [-0.4, -0.2) is 11.0 Å². The van der Waals surface area contributed by atoms with Gasteiger partial charge in [-0.05, 0) is 69.5 Å². The van der Waals surface area contributed by atoms with Gasteiger partial charge in [-0.2, -0.15) is 0 Å². The Labute approximate surface area is 120 Å². The fraction of sp³-hybridized carbons (Fsp3) is 0.615. The van der Waals surface area contributed by atoms with Crippen LogP contribution in [0.25, 0.3) is 0 Å². The standard InChI is InChI=1S/C13H18Br2N2/c1-2-9-3-5-11(6-4-9)17-13-12(15)7-10(14)8-16-13/h7-9,11H,2-6H2,1H3,(H,16,17). The van der Waals surface area contributed by atoms with Gasteiger partial charge in [-0.3, -0.25) is 0 Å². The Morgan fingerprint density at radius 1 is 1.29 bits per heavy atom. The van der Waals surface area contributed by atoms with Gasteiger partial charge in [0.05, 0.1) is 4.47 Å². The van der Waals surface area contributed by atoms with E-state index in [9.17, 15) is 0 Å². The average molecular weight is 362 g/mol. The Hall–Kier alpha value is -0.0900. The van der Waals surface area contributed by atoms with Crippen LogP contribution in [-0.2, 0) is 0 Å². The van der Waals surface area contributed by atoms with Gasteiger partial charge in [0, 0.05) is 16.7 Å². The molecule has 0 amide bonds. The molecule has 1 heterocycles. The summed E-state index contributed by atoms with van der Waals surface area (Å²) in [6.07, 6.45) is 8.40. The number of anilines is 1. The second-order valence-corrected chi connectivity index (χ2v) is 6.52. The van der Waals surface area contributed by atoms with Crippen LogP contribution in [0, 0.1) is 5.92 Å². The summed E-state index contributed by atoms with van der Waals surface area (Å²) in [5.41, 5.74) is 0. The molecule has 0 bridgehead atoms. The number of halogens is 2. The zero-order valence-electron chi connectivity index (χ0n) is 10.0. The summed E-state index contributed by atoms with van der Waals surface area (Å²) in [6.45, 7) is 2.30. The molecule has 17 heavy (non-hydrogen) atoms. The van der Waals surface area contributed by atoms with Crippen LogP contribution in [0.15, 0.2) is 21.2 Å². The van der Waals surface area contributed by atoms with E-state index in [2.05, 4.69) is 49.1 Å². The minimum atomic E-state index is 0.586. The minimum absolute atomic E-state index is 0.586. The van der Waals surface area contributed by atoms with Gasteiger partial charge < -0.3 is 5.32 Å². The predicted molar refractivity (Wildman–Crippen MR) is 79.3 cm³/mol. The molecule has 1 aromatic heterocycles. The maximum absolute atomic E-state index is 4.41. The molecular formula is C13H18Br2N2. The van der Waals surface area contributed by atoms with Crippen LogP contribution in [0.4, 0.5) is 5.82 Å². The fourth-order valence-electron chi connectivity index (χ4n) is 2.43. The lowest BCUT2D eigenvalue weighted by atomic mass is 9.84. The Bertz CT molecular complexity index is 374. The summed E-state index contributed by atoms with van der Waals surface area (Å²) in [4.78, 5) is 4.41. The van der Waals surface area contributed by atoms with Gasteiger partial charge >= 0.3 is 0 Å². The molecular weight excluding hydrogens is 344 g/mol. The Morgan fingerprint density at radius 3 is 2.59 bits per heavy atom. The topological polar surface area (TPSA) is 24.9 Å². The van der Waals surface area contributed by atoms with Crippen LogP contribution < -0.4 is 5.32 Å². The van der Waals surface area contributed by atoms with Gasteiger partial charge in [-0.1, -0.05) is 13.3 Å². The van der Waals surface area contributed by atoms with E-state index < -0.39 is 0 Å². The number of hydrogen-bond acceptors (Lipinski definition) is 2. The number of rotatable bonds is 3. The largest absolute Gasteiger partial charge is 0.366 e. The van der Waals surface area contributed by atoms with Crippen LogP contribution in [0.3, 0.4) is 0 Å². The van der Waals surface area contributed by atoms with Crippen molar-refractivity contribution >= 4 is 37.7 Å². The van der Waals surface area contributed by atoms with Crippen molar-refractivity contribution in [3.05, 3.63) is 21.2 Å². The molecule has 0 atom stereocenters. The summed E-state index contributed by atoms with van der Waals surface area (Å²) in [5, 5.41) is 3.54. The predicted octanol–water partition coefficient (Wildman–Crippen LogP) is 4.99. The van der Waals surface area contributed by atoms with Crippen molar-refractivity contribution in [3.8, 4) is 0 Å². The normalized spacial score (nSPS) is 24.6. The van der Waals surface area contributed by atoms with Crippen molar-refractivity contribution in [1.82, 2.24) is 4.98 Å². The summed E-state index contributed by atoms with van der Waals surface area (Å²) in [5.74, 6) is 1.91. The van der Waals surface area contributed by atoms with Crippen molar-refractivity contribution in [1.29, 1.82) is 0 Å². The molecule has 1 N–H and O–H groups in total. The van der Waals surface area contributed by atoms with Crippen molar-refractivity contribution in [2.45, 2.75) is 45.1 Å². The van der Waals surface area contributed by atoms with Crippen molar-refractivity contribution in [2.24, 2.45) is 5.92 Å². The molecule has 2 rings (SSSR count). The van der Waals surface area contributed by atoms with E-state index in [0.29, 0.717) is 6.04 Å². The first-order valence-corrected chi connectivity index (χ1v) is 7.85. The molecule has 1 fully saturated rings. The number of nitrogens with one attached hydrogen (secondary N) is 1. The van der Waals surface area contributed by atoms with Crippen molar-refractivity contribution in [2.75, 3.05) is 5.32 Å². The van der Waals surface area contributed by atoms with E-state index in [0.717, 1.165) is 20.7 Å². The maximum atomic E-state index is 4.41. The lowest BCUT2D eigenvalue weighted by Crippen LogP contribution is -2.26. The van der Waals surface area contributed by atoms with Crippen molar-refractivity contribution in [3.63, 3.8) is 0 Å². The second kappa shape index (κ2) is 6.19. The van der Waals surface area contributed by atoms with Gasteiger partial charge in [0.15, 0.2) is 0 Å². The van der Waals surface area contributed by atoms with Crippen LogP contribution in [0.1, 0.15) is 39.0 Å².